The van der Waals surface area contributed by atoms with Crippen LogP contribution in [0.3, 0.4) is 0 Å². The van der Waals surface area contributed by atoms with Gasteiger partial charge < -0.3 is 15.8 Å². The minimum absolute atomic E-state index is 0.247. The van der Waals surface area contributed by atoms with Crippen LogP contribution in [0.25, 0.3) is 21.9 Å². The standard InChI is InChI=1S/C15H16N4O3/c1-2-5-14-17-11-8-18(21)12-7-4-3-6-10(12)15(11)19(14)22-9-13(16)20/h3-4,6-8H,2,5,9H2,1H3,(H2,16,20). The van der Waals surface area contributed by atoms with E-state index in [4.69, 9.17) is 10.6 Å². The molecule has 0 spiro atoms. The first-order valence-corrected chi connectivity index (χ1v) is 7.05. The Balaban J connectivity index is 2.30. The predicted molar refractivity (Wildman–Crippen MR) is 80.8 cm³/mol. The Bertz CT molecular complexity index is 857. The van der Waals surface area contributed by atoms with Gasteiger partial charge in [-0.2, -0.15) is 9.46 Å². The van der Waals surface area contributed by atoms with Crippen LogP contribution in [0.15, 0.2) is 30.5 Å². The largest absolute Gasteiger partial charge is 0.618 e. The molecule has 7 heteroatoms. The smallest absolute Gasteiger partial charge is 0.258 e. The summed E-state index contributed by atoms with van der Waals surface area (Å²) in [5.74, 6) is 0.0959. The van der Waals surface area contributed by atoms with Gasteiger partial charge >= 0.3 is 0 Å². The summed E-state index contributed by atoms with van der Waals surface area (Å²) in [6.07, 6.45) is 2.94. The lowest BCUT2D eigenvalue weighted by Gasteiger charge is -2.10. The average Bonchev–Trinajstić information content (AvgIpc) is 2.83. The SMILES string of the molecule is CCCc1nc2c[n+]([O-])c3ccccc3c2n1OCC(N)=O. The predicted octanol–water partition coefficient (Wildman–Crippen LogP) is 0.689. The van der Waals surface area contributed by atoms with Gasteiger partial charge in [0.15, 0.2) is 12.1 Å². The van der Waals surface area contributed by atoms with E-state index in [2.05, 4.69) is 4.98 Å². The molecular weight excluding hydrogens is 284 g/mol. The average molecular weight is 300 g/mol. The van der Waals surface area contributed by atoms with Gasteiger partial charge in [0.2, 0.25) is 11.7 Å². The minimum Gasteiger partial charge on any atom is -0.618 e. The van der Waals surface area contributed by atoms with Gasteiger partial charge in [-0.3, -0.25) is 4.79 Å². The van der Waals surface area contributed by atoms with Crippen molar-refractivity contribution < 1.29 is 14.4 Å². The number of benzene rings is 1. The van der Waals surface area contributed by atoms with Crippen LogP contribution in [-0.4, -0.2) is 22.2 Å². The van der Waals surface area contributed by atoms with Gasteiger partial charge in [-0.05, 0) is 12.5 Å². The van der Waals surface area contributed by atoms with Crippen LogP contribution < -0.4 is 15.3 Å². The fourth-order valence-electron chi connectivity index (χ4n) is 2.50. The van der Waals surface area contributed by atoms with Crippen LogP contribution in [0.2, 0.25) is 0 Å². The Morgan fingerprint density at radius 2 is 2.23 bits per heavy atom. The zero-order valence-corrected chi connectivity index (χ0v) is 12.2. The molecule has 1 aromatic carbocycles. The molecule has 22 heavy (non-hydrogen) atoms. The van der Waals surface area contributed by atoms with Crippen molar-refractivity contribution in [2.75, 3.05) is 6.61 Å². The highest BCUT2D eigenvalue weighted by Gasteiger charge is 2.19. The third kappa shape index (κ3) is 2.30. The molecule has 1 amide bonds. The first-order valence-electron chi connectivity index (χ1n) is 7.05. The molecule has 3 rings (SSSR count). The van der Waals surface area contributed by atoms with Crippen LogP contribution in [0.4, 0.5) is 0 Å². The molecule has 0 aliphatic rings. The minimum atomic E-state index is -0.566. The fourth-order valence-corrected chi connectivity index (χ4v) is 2.50. The van der Waals surface area contributed by atoms with Gasteiger partial charge in [0.25, 0.3) is 5.91 Å². The fraction of sp³-hybridized carbons (Fsp3) is 0.267. The monoisotopic (exact) mass is 300 g/mol. The normalized spacial score (nSPS) is 11.1. The molecule has 0 atom stereocenters. The lowest BCUT2D eigenvalue weighted by Crippen LogP contribution is -2.28. The zero-order chi connectivity index (χ0) is 15.7. The van der Waals surface area contributed by atoms with Gasteiger partial charge in [0, 0.05) is 12.5 Å². The Morgan fingerprint density at radius 1 is 1.45 bits per heavy atom. The van der Waals surface area contributed by atoms with E-state index in [1.54, 1.807) is 12.1 Å². The lowest BCUT2D eigenvalue weighted by molar-refractivity contribution is -0.575. The first-order chi connectivity index (χ1) is 10.6. The van der Waals surface area contributed by atoms with Crippen LogP contribution in [0, 0.1) is 5.21 Å². The molecule has 0 aliphatic carbocycles. The Hall–Kier alpha value is -2.83. The molecule has 0 radical (unpaired) electrons. The number of rotatable bonds is 5. The third-order valence-corrected chi connectivity index (χ3v) is 3.38. The highest BCUT2D eigenvalue weighted by atomic mass is 16.7. The summed E-state index contributed by atoms with van der Waals surface area (Å²) in [6, 6.07) is 7.19. The molecular formula is C15H16N4O3. The number of nitrogens with two attached hydrogens (primary N) is 1. The topological polar surface area (TPSA) is 97.1 Å². The number of carbonyl (C=O) groups excluding carboxylic acids is 1. The Kier molecular flexibility index (Phi) is 3.54. The molecule has 0 unspecified atom stereocenters. The molecule has 2 heterocycles. The highest BCUT2D eigenvalue weighted by molar-refractivity contribution is 6.00. The molecule has 2 aromatic heterocycles. The number of aromatic nitrogens is 3. The van der Waals surface area contributed by atoms with E-state index in [9.17, 15) is 10.0 Å². The summed E-state index contributed by atoms with van der Waals surface area (Å²) in [5.41, 5.74) is 6.88. The van der Waals surface area contributed by atoms with Gasteiger partial charge in [0.05, 0.1) is 5.39 Å². The summed E-state index contributed by atoms with van der Waals surface area (Å²) in [5, 5.41) is 12.8. The van der Waals surface area contributed by atoms with E-state index in [1.165, 1.54) is 10.9 Å². The summed E-state index contributed by atoms with van der Waals surface area (Å²) in [7, 11) is 0. The van der Waals surface area contributed by atoms with Crippen molar-refractivity contribution >= 4 is 27.8 Å². The van der Waals surface area contributed by atoms with E-state index >= 15 is 0 Å². The third-order valence-electron chi connectivity index (χ3n) is 3.38. The Morgan fingerprint density at radius 3 is 2.95 bits per heavy atom. The van der Waals surface area contributed by atoms with E-state index in [0.29, 0.717) is 34.2 Å². The van der Waals surface area contributed by atoms with E-state index in [-0.39, 0.29) is 6.61 Å². The molecule has 0 aliphatic heterocycles. The number of imidazole rings is 1. The summed E-state index contributed by atoms with van der Waals surface area (Å²) in [6.45, 7) is 1.77. The van der Waals surface area contributed by atoms with E-state index < -0.39 is 5.91 Å². The number of aryl methyl sites for hydroxylation is 1. The molecule has 0 bridgehead atoms. The van der Waals surface area contributed by atoms with Crippen molar-refractivity contribution in [1.29, 1.82) is 0 Å². The van der Waals surface area contributed by atoms with Gasteiger partial charge in [-0.25, -0.2) is 4.98 Å². The maximum atomic E-state index is 12.1. The number of nitrogens with zero attached hydrogens (tertiary/aromatic N) is 3. The van der Waals surface area contributed by atoms with Gasteiger partial charge in [0.1, 0.15) is 11.3 Å². The number of pyridine rings is 1. The van der Waals surface area contributed by atoms with Crippen LogP contribution in [-0.2, 0) is 11.2 Å². The van der Waals surface area contributed by atoms with Crippen molar-refractivity contribution in [3.8, 4) is 0 Å². The number of carbonyl (C=O) groups is 1. The molecule has 2 N–H and O–H groups in total. The molecule has 0 saturated heterocycles. The second-order valence-corrected chi connectivity index (χ2v) is 5.02. The van der Waals surface area contributed by atoms with E-state index in [0.717, 1.165) is 11.2 Å². The second-order valence-electron chi connectivity index (χ2n) is 5.02. The second kappa shape index (κ2) is 5.51. The van der Waals surface area contributed by atoms with Crippen molar-refractivity contribution in [3.05, 3.63) is 41.5 Å². The number of amides is 1. The molecule has 0 fully saturated rings. The molecule has 7 nitrogen and oxygen atoms in total. The van der Waals surface area contributed by atoms with Gasteiger partial charge in [-0.1, -0.05) is 19.1 Å². The number of hydrogen-bond acceptors (Lipinski definition) is 4. The summed E-state index contributed by atoms with van der Waals surface area (Å²) in [4.78, 5) is 21.0. The number of primary amides is 1. The van der Waals surface area contributed by atoms with Crippen LogP contribution >= 0.6 is 0 Å². The van der Waals surface area contributed by atoms with Crippen molar-refractivity contribution in [3.63, 3.8) is 0 Å². The quantitative estimate of drug-likeness (QED) is 0.553. The van der Waals surface area contributed by atoms with E-state index in [1.807, 2.05) is 19.1 Å². The molecule has 114 valence electrons. The molecule has 3 aromatic rings. The van der Waals surface area contributed by atoms with Crippen LogP contribution in [0.5, 0.6) is 0 Å². The van der Waals surface area contributed by atoms with Crippen molar-refractivity contribution in [2.24, 2.45) is 5.73 Å². The summed E-state index contributed by atoms with van der Waals surface area (Å²) >= 11 is 0. The number of hydrogen-bond donors (Lipinski definition) is 1. The number of fused-ring (bicyclic) bond motifs is 3. The molecule has 0 saturated carbocycles. The highest BCUT2D eigenvalue weighted by Crippen LogP contribution is 2.23. The maximum absolute atomic E-state index is 12.1. The maximum Gasteiger partial charge on any atom is 0.258 e. The van der Waals surface area contributed by atoms with Crippen LogP contribution in [0.1, 0.15) is 19.2 Å². The lowest BCUT2D eigenvalue weighted by atomic mass is 10.2. The van der Waals surface area contributed by atoms with Crippen molar-refractivity contribution in [1.82, 2.24) is 9.71 Å². The summed E-state index contributed by atoms with van der Waals surface area (Å²) < 4.78 is 2.31. The van der Waals surface area contributed by atoms with Gasteiger partial charge in [-0.15, -0.1) is 0 Å². The zero-order valence-electron chi connectivity index (χ0n) is 12.2. The number of para-hydroxylation sites is 1. The first kappa shape index (κ1) is 14.1. The Labute approximate surface area is 126 Å². The van der Waals surface area contributed by atoms with Crippen molar-refractivity contribution in [2.45, 2.75) is 19.8 Å².